The normalized spacial score (nSPS) is 11.8. The maximum atomic E-state index is 13.1. The van der Waals surface area contributed by atoms with E-state index >= 15 is 0 Å². The summed E-state index contributed by atoms with van der Waals surface area (Å²) >= 11 is 0. The Morgan fingerprint density at radius 2 is 2.00 bits per heavy atom. The molecule has 9 nitrogen and oxygen atoms in total. The second-order valence-electron chi connectivity index (χ2n) is 3.12. The molecule has 0 aromatic carbocycles. The Labute approximate surface area is 98.9 Å². The van der Waals surface area contributed by atoms with Crippen LogP contribution in [0.5, 0.6) is 0 Å². The van der Waals surface area contributed by atoms with Crippen LogP contribution in [0.4, 0.5) is 4.39 Å². The van der Waals surface area contributed by atoms with E-state index in [-0.39, 0.29) is 13.2 Å². The van der Waals surface area contributed by atoms with Gasteiger partial charge < -0.3 is 19.6 Å². The Bertz CT molecular complexity index is 588. The zero-order chi connectivity index (χ0) is 13.9. The first-order chi connectivity index (χ1) is 8.29. The summed E-state index contributed by atoms with van der Waals surface area (Å²) in [6.07, 6.45) is 0.466. The van der Waals surface area contributed by atoms with Crippen molar-refractivity contribution < 1.29 is 28.6 Å². The van der Waals surface area contributed by atoms with E-state index in [4.69, 9.17) is 19.6 Å². The summed E-state index contributed by atoms with van der Waals surface area (Å²) in [4.78, 5) is 40.2. The van der Waals surface area contributed by atoms with Crippen LogP contribution in [-0.2, 0) is 16.0 Å². The summed E-state index contributed by atoms with van der Waals surface area (Å²) in [5, 5.41) is 8.43. The van der Waals surface area contributed by atoms with Crippen molar-refractivity contribution in [1.29, 1.82) is 0 Å². The third kappa shape index (κ3) is 3.12. The predicted octanol–water partition coefficient (Wildman–Crippen LogP) is -1.94. The maximum Gasteiger partial charge on any atom is 0.440 e. The maximum absolute atomic E-state index is 13.1. The highest BCUT2D eigenvalue weighted by Crippen LogP contribution is 2.32. The molecule has 0 unspecified atom stereocenters. The number of aliphatic hydroxyl groups excluding tert-OH is 1. The van der Waals surface area contributed by atoms with Gasteiger partial charge in [0.1, 0.15) is 6.73 Å². The van der Waals surface area contributed by atoms with Crippen molar-refractivity contribution >= 4 is 7.75 Å². The molecular weight excluding hydrogens is 274 g/mol. The van der Waals surface area contributed by atoms with Crippen LogP contribution < -0.4 is 11.2 Å². The Hall–Kier alpha value is -1.32. The molecule has 0 aliphatic carbocycles. The first-order valence-electron chi connectivity index (χ1n) is 4.56. The Morgan fingerprint density at radius 3 is 2.50 bits per heavy atom. The summed E-state index contributed by atoms with van der Waals surface area (Å²) in [6.45, 7) is -1.07. The Balaban J connectivity index is 3.32. The van der Waals surface area contributed by atoms with Crippen LogP contribution in [0.25, 0.3) is 0 Å². The first-order valence-corrected chi connectivity index (χ1v) is 6.12. The number of rotatable bonds is 5. The second-order valence-corrected chi connectivity index (χ2v) is 4.55. The van der Waals surface area contributed by atoms with Crippen molar-refractivity contribution in [2.75, 3.05) is 13.2 Å². The number of nitrogens with zero attached hydrogens (tertiary/aromatic N) is 2. The van der Waals surface area contributed by atoms with Crippen LogP contribution in [0.3, 0.4) is 0 Å². The summed E-state index contributed by atoms with van der Waals surface area (Å²) in [6, 6.07) is 0. The molecule has 1 aromatic heterocycles. The highest BCUT2D eigenvalue weighted by molar-refractivity contribution is 7.50. The monoisotopic (exact) mass is 284 g/mol. The fourth-order valence-electron chi connectivity index (χ4n) is 1.11. The minimum absolute atomic E-state index is 0.164. The SMILES string of the molecule is O=c1c(F)cn(COCCO)c(=O)n1P(=O)(O)O. The molecule has 1 heterocycles. The molecule has 11 heteroatoms. The molecule has 0 saturated heterocycles. The molecule has 0 aliphatic heterocycles. The van der Waals surface area contributed by atoms with Gasteiger partial charge in [0.2, 0.25) is 5.82 Å². The summed E-state index contributed by atoms with van der Waals surface area (Å²) in [7, 11) is -5.26. The van der Waals surface area contributed by atoms with E-state index in [0.717, 1.165) is 0 Å². The lowest BCUT2D eigenvalue weighted by Crippen LogP contribution is -2.40. The van der Waals surface area contributed by atoms with E-state index < -0.39 is 35.9 Å². The lowest BCUT2D eigenvalue weighted by molar-refractivity contribution is 0.0447. The molecule has 102 valence electrons. The van der Waals surface area contributed by atoms with E-state index in [1.807, 2.05) is 0 Å². The van der Waals surface area contributed by atoms with Crippen LogP contribution in [0.15, 0.2) is 15.8 Å². The van der Waals surface area contributed by atoms with Crippen molar-refractivity contribution in [3.63, 3.8) is 0 Å². The number of ether oxygens (including phenoxy) is 1. The predicted molar refractivity (Wildman–Crippen MR) is 55.4 cm³/mol. The highest BCUT2D eigenvalue weighted by atomic mass is 31.2. The van der Waals surface area contributed by atoms with Gasteiger partial charge in [-0.25, -0.2) is 9.36 Å². The standard InChI is InChI=1S/C7H10FN2O7P/c8-5-3-9(4-17-2-1-11)7(13)10(6(5)12)18(14,15)16/h3,11H,1-2,4H2,(H2,14,15,16). The van der Waals surface area contributed by atoms with Crippen LogP contribution in [0.2, 0.25) is 0 Å². The van der Waals surface area contributed by atoms with Crippen molar-refractivity contribution in [1.82, 2.24) is 8.90 Å². The van der Waals surface area contributed by atoms with Crippen molar-refractivity contribution in [3.05, 3.63) is 32.9 Å². The molecule has 0 spiro atoms. The van der Waals surface area contributed by atoms with Gasteiger partial charge in [0.15, 0.2) is 0 Å². The lowest BCUT2D eigenvalue weighted by atomic mass is 10.6. The fourth-order valence-corrected chi connectivity index (χ4v) is 1.78. The van der Waals surface area contributed by atoms with E-state index in [1.165, 1.54) is 0 Å². The largest absolute Gasteiger partial charge is 0.440 e. The number of aliphatic hydroxyl groups is 1. The Kier molecular flexibility index (Phi) is 4.54. The van der Waals surface area contributed by atoms with Crippen molar-refractivity contribution in [2.45, 2.75) is 6.73 Å². The Morgan fingerprint density at radius 1 is 1.39 bits per heavy atom. The zero-order valence-corrected chi connectivity index (χ0v) is 9.79. The van der Waals surface area contributed by atoms with Crippen LogP contribution in [0, 0.1) is 5.82 Å². The van der Waals surface area contributed by atoms with Gasteiger partial charge in [-0.1, -0.05) is 0 Å². The number of aromatic nitrogens is 2. The topological polar surface area (TPSA) is 131 Å². The molecule has 0 saturated carbocycles. The molecule has 0 bridgehead atoms. The van der Waals surface area contributed by atoms with Gasteiger partial charge in [0.25, 0.3) is 0 Å². The van der Waals surface area contributed by atoms with Crippen LogP contribution in [-0.4, -0.2) is 37.0 Å². The van der Waals surface area contributed by atoms with Gasteiger partial charge in [-0.3, -0.25) is 9.36 Å². The van der Waals surface area contributed by atoms with E-state index in [2.05, 4.69) is 0 Å². The summed E-state index contributed by atoms with van der Waals surface area (Å²) < 4.78 is 28.7. The molecule has 3 N–H and O–H groups in total. The minimum atomic E-state index is -5.26. The minimum Gasteiger partial charge on any atom is -0.394 e. The van der Waals surface area contributed by atoms with Gasteiger partial charge in [0, 0.05) is 0 Å². The molecule has 0 aliphatic rings. The summed E-state index contributed by atoms with van der Waals surface area (Å²) in [5.41, 5.74) is -3.13. The van der Waals surface area contributed by atoms with Crippen molar-refractivity contribution in [2.24, 2.45) is 0 Å². The lowest BCUT2D eigenvalue weighted by Gasteiger charge is -2.11. The second kappa shape index (κ2) is 5.55. The zero-order valence-electron chi connectivity index (χ0n) is 8.89. The van der Waals surface area contributed by atoms with Gasteiger partial charge in [-0.05, 0) is 0 Å². The van der Waals surface area contributed by atoms with E-state index in [1.54, 1.807) is 0 Å². The van der Waals surface area contributed by atoms with Crippen LogP contribution in [0.1, 0.15) is 0 Å². The molecule has 18 heavy (non-hydrogen) atoms. The van der Waals surface area contributed by atoms with E-state index in [0.29, 0.717) is 10.8 Å². The van der Waals surface area contributed by atoms with Crippen molar-refractivity contribution in [3.8, 4) is 0 Å². The third-order valence-corrected chi connectivity index (χ3v) is 2.69. The molecular formula is C7H10FN2O7P. The molecule has 0 amide bonds. The average Bonchev–Trinajstić information content (AvgIpc) is 2.24. The number of halogens is 1. The van der Waals surface area contributed by atoms with Gasteiger partial charge in [-0.2, -0.15) is 8.73 Å². The number of hydrogen-bond donors (Lipinski definition) is 3. The molecule has 1 rings (SSSR count). The first kappa shape index (κ1) is 14.7. The van der Waals surface area contributed by atoms with Gasteiger partial charge >= 0.3 is 19.0 Å². The molecule has 1 aromatic rings. The quantitative estimate of drug-likeness (QED) is 0.423. The average molecular weight is 284 g/mol. The molecule has 0 atom stereocenters. The van der Waals surface area contributed by atoms with Gasteiger partial charge in [0.05, 0.1) is 19.4 Å². The van der Waals surface area contributed by atoms with Crippen LogP contribution >= 0.6 is 7.75 Å². The summed E-state index contributed by atoms with van der Waals surface area (Å²) in [5.74, 6) is -1.51. The third-order valence-electron chi connectivity index (χ3n) is 1.82. The smallest absolute Gasteiger partial charge is 0.394 e. The molecule has 0 fully saturated rings. The highest BCUT2D eigenvalue weighted by Gasteiger charge is 2.25. The van der Waals surface area contributed by atoms with E-state index in [9.17, 15) is 18.5 Å². The number of hydrogen-bond acceptors (Lipinski definition) is 5. The van der Waals surface area contributed by atoms with Gasteiger partial charge in [-0.15, -0.1) is 0 Å². The molecule has 0 radical (unpaired) electrons. The fraction of sp³-hybridized carbons (Fsp3) is 0.429.